The van der Waals surface area contributed by atoms with Crippen LogP contribution in [0.5, 0.6) is 11.5 Å². The topological polar surface area (TPSA) is 78.7 Å². The molecule has 2 aromatic rings. The molecule has 0 saturated heterocycles. The molecule has 3 rings (SSSR count). The van der Waals surface area contributed by atoms with Gasteiger partial charge in [-0.1, -0.05) is 18.2 Å². The maximum absolute atomic E-state index is 8.81. The summed E-state index contributed by atoms with van der Waals surface area (Å²) >= 11 is 0. The van der Waals surface area contributed by atoms with E-state index in [9.17, 15) is 0 Å². The van der Waals surface area contributed by atoms with E-state index in [-0.39, 0.29) is 30.8 Å². The summed E-state index contributed by atoms with van der Waals surface area (Å²) in [6, 6.07) is 15.4. The Hall–Kier alpha value is -2.47. The number of halogens is 1. The number of nitrogens with one attached hydrogen (secondary N) is 2. The first-order valence-electron chi connectivity index (χ1n) is 7.60. The fourth-order valence-electron chi connectivity index (χ4n) is 2.34. The molecule has 6 nitrogen and oxygen atoms in total. The Morgan fingerprint density at radius 1 is 1.04 bits per heavy atom. The van der Waals surface area contributed by atoms with Gasteiger partial charge >= 0.3 is 0 Å². The fraction of sp³-hybridized carbons (Fsp3) is 0.222. The average molecular weight is 450 g/mol. The second kappa shape index (κ2) is 9.13. The fourth-order valence-corrected chi connectivity index (χ4v) is 2.34. The van der Waals surface area contributed by atoms with Gasteiger partial charge in [-0.15, -0.1) is 24.0 Å². The summed E-state index contributed by atoms with van der Waals surface area (Å²) in [7, 11) is 1.73. The van der Waals surface area contributed by atoms with Crippen molar-refractivity contribution >= 4 is 29.9 Å². The Bertz CT molecular complexity index is 785. The van der Waals surface area contributed by atoms with Crippen molar-refractivity contribution in [1.82, 2.24) is 10.6 Å². The van der Waals surface area contributed by atoms with Crippen LogP contribution in [0.3, 0.4) is 0 Å². The molecule has 2 N–H and O–H groups in total. The van der Waals surface area contributed by atoms with Crippen molar-refractivity contribution < 1.29 is 9.47 Å². The van der Waals surface area contributed by atoms with Crippen molar-refractivity contribution in [1.29, 1.82) is 5.26 Å². The zero-order valence-electron chi connectivity index (χ0n) is 13.8. The average Bonchev–Trinajstić information content (AvgIpc) is 3.10. The molecule has 130 valence electrons. The van der Waals surface area contributed by atoms with Crippen LogP contribution in [0.2, 0.25) is 0 Å². The Morgan fingerprint density at radius 3 is 2.36 bits per heavy atom. The Kier molecular flexibility index (Phi) is 6.89. The molecular formula is C18H19IN4O2. The third-order valence-electron chi connectivity index (χ3n) is 3.66. The van der Waals surface area contributed by atoms with Gasteiger partial charge in [-0.25, -0.2) is 0 Å². The zero-order chi connectivity index (χ0) is 16.8. The molecule has 1 heterocycles. The van der Waals surface area contributed by atoms with Gasteiger partial charge in [-0.2, -0.15) is 5.26 Å². The molecule has 25 heavy (non-hydrogen) atoms. The largest absolute Gasteiger partial charge is 0.454 e. The number of ether oxygens (including phenoxy) is 2. The van der Waals surface area contributed by atoms with E-state index in [2.05, 4.69) is 21.7 Å². The SMILES string of the molecule is CN=C(NCc1ccc(C#N)cc1)NCc1ccc2c(c1)OCO2.I. The number of hydrogen-bond donors (Lipinski definition) is 2. The van der Waals surface area contributed by atoms with Crippen LogP contribution in [-0.4, -0.2) is 19.8 Å². The number of rotatable bonds is 4. The summed E-state index contributed by atoms with van der Waals surface area (Å²) in [6.45, 7) is 1.54. The van der Waals surface area contributed by atoms with Crippen LogP contribution in [-0.2, 0) is 13.1 Å². The van der Waals surface area contributed by atoms with Crippen molar-refractivity contribution in [2.24, 2.45) is 4.99 Å². The molecule has 0 spiro atoms. The minimum absolute atomic E-state index is 0. The molecule has 0 amide bonds. The van der Waals surface area contributed by atoms with Crippen molar-refractivity contribution in [3.8, 4) is 17.6 Å². The second-order valence-electron chi connectivity index (χ2n) is 5.28. The maximum Gasteiger partial charge on any atom is 0.231 e. The molecule has 2 aromatic carbocycles. The van der Waals surface area contributed by atoms with Gasteiger partial charge < -0.3 is 20.1 Å². The first-order chi connectivity index (χ1) is 11.8. The van der Waals surface area contributed by atoms with E-state index in [1.807, 2.05) is 30.3 Å². The highest BCUT2D eigenvalue weighted by atomic mass is 127. The van der Waals surface area contributed by atoms with Crippen LogP contribution < -0.4 is 20.1 Å². The molecule has 0 saturated carbocycles. The number of aliphatic imine (C=N–C) groups is 1. The molecular weight excluding hydrogens is 431 g/mol. The minimum Gasteiger partial charge on any atom is -0.454 e. The van der Waals surface area contributed by atoms with Crippen LogP contribution in [0.25, 0.3) is 0 Å². The molecule has 0 fully saturated rings. The molecule has 1 aliphatic heterocycles. The minimum atomic E-state index is 0. The van der Waals surface area contributed by atoms with Crippen LogP contribution in [0.15, 0.2) is 47.5 Å². The lowest BCUT2D eigenvalue weighted by molar-refractivity contribution is 0.174. The van der Waals surface area contributed by atoms with E-state index in [4.69, 9.17) is 14.7 Å². The van der Waals surface area contributed by atoms with E-state index < -0.39 is 0 Å². The van der Waals surface area contributed by atoms with Gasteiger partial charge in [0.15, 0.2) is 17.5 Å². The summed E-state index contributed by atoms with van der Waals surface area (Å²) in [4.78, 5) is 4.21. The molecule has 1 aliphatic rings. The Labute approximate surface area is 163 Å². The highest BCUT2D eigenvalue weighted by molar-refractivity contribution is 14.0. The van der Waals surface area contributed by atoms with Crippen molar-refractivity contribution in [2.45, 2.75) is 13.1 Å². The number of hydrogen-bond acceptors (Lipinski definition) is 4. The molecule has 0 aromatic heterocycles. The van der Waals surface area contributed by atoms with E-state index in [0.29, 0.717) is 24.6 Å². The predicted octanol–water partition coefficient (Wildman–Crippen LogP) is 2.77. The third kappa shape index (κ3) is 5.00. The second-order valence-corrected chi connectivity index (χ2v) is 5.28. The highest BCUT2D eigenvalue weighted by Crippen LogP contribution is 2.32. The Morgan fingerprint density at radius 2 is 1.68 bits per heavy atom. The number of fused-ring (bicyclic) bond motifs is 1. The van der Waals surface area contributed by atoms with Crippen molar-refractivity contribution in [2.75, 3.05) is 13.8 Å². The van der Waals surface area contributed by atoms with Gasteiger partial charge in [-0.05, 0) is 35.4 Å². The Balaban J connectivity index is 0.00000225. The van der Waals surface area contributed by atoms with Crippen molar-refractivity contribution in [3.05, 3.63) is 59.2 Å². The molecule has 0 radical (unpaired) electrons. The summed E-state index contributed by atoms with van der Waals surface area (Å²) in [5.74, 6) is 2.26. The van der Waals surface area contributed by atoms with Crippen molar-refractivity contribution in [3.63, 3.8) is 0 Å². The standard InChI is InChI=1S/C18H18N4O2.HI/c1-20-18(21-10-14-4-2-13(9-19)3-5-14)22-11-15-6-7-16-17(8-15)24-12-23-16;/h2-8H,10-12H2,1H3,(H2,20,21,22);1H. The van der Waals surface area contributed by atoms with E-state index in [1.54, 1.807) is 19.2 Å². The van der Waals surface area contributed by atoms with Crippen LogP contribution in [0.4, 0.5) is 0 Å². The van der Waals surface area contributed by atoms with E-state index >= 15 is 0 Å². The third-order valence-corrected chi connectivity index (χ3v) is 3.66. The lowest BCUT2D eigenvalue weighted by Gasteiger charge is -2.12. The quantitative estimate of drug-likeness (QED) is 0.426. The molecule has 0 bridgehead atoms. The van der Waals surface area contributed by atoms with Gasteiger partial charge in [0.05, 0.1) is 11.6 Å². The van der Waals surface area contributed by atoms with Crippen LogP contribution in [0, 0.1) is 11.3 Å². The maximum atomic E-state index is 8.81. The lowest BCUT2D eigenvalue weighted by Crippen LogP contribution is -2.36. The predicted molar refractivity (Wildman–Crippen MR) is 106 cm³/mol. The first kappa shape index (κ1) is 18.9. The molecule has 7 heteroatoms. The molecule has 0 aliphatic carbocycles. The first-order valence-corrected chi connectivity index (χ1v) is 7.60. The monoisotopic (exact) mass is 450 g/mol. The smallest absolute Gasteiger partial charge is 0.231 e. The number of guanidine groups is 1. The van der Waals surface area contributed by atoms with E-state index in [1.165, 1.54) is 0 Å². The number of benzene rings is 2. The van der Waals surface area contributed by atoms with Crippen LogP contribution in [0.1, 0.15) is 16.7 Å². The zero-order valence-corrected chi connectivity index (χ0v) is 16.1. The molecule has 0 atom stereocenters. The summed E-state index contributed by atoms with van der Waals surface area (Å²) in [6.07, 6.45) is 0. The van der Waals surface area contributed by atoms with Gasteiger partial charge in [0.2, 0.25) is 6.79 Å². The highest BCUT2D eigenvalue weighted by Gasteiger charge is 2.13. The van der Waals surface area contributed by atoms with Gasteiger partial charge in [0, 0.05) is 20.1 Å². The van der Waals surface area contributed by atoms with Crippen LogP contribution >= 0.6 is 24.0 Å². The van der Waals surface area contributed by atoms with Gasteiger partial charge in [0.1, 0.15) is 0 Å². The summed E-state index contributed by atoms with van der Waals surface area (Å²) in [5.41, 5.74) is 2.82. The van der Waals surface area contributed by atoms with E-state index in [0.717, 1.165) is 22.6 Å². The summed E-state index contributed by atoms with van der Waals surface area (Å²) < 4.78 is 10.7. The molecule has 0 unspecified atom stereocenters. The van der Waals surface area contributed by atoms with Gasteiger partial charge in [0.25, 0.3) is 0 Å². The lowest BCUT2D eigenvalue weighted by atomic mass is 10.1. The summed E-state index contributed by atoms with van der Waals surface area (Å²) in [5, 5.41) is 15.3. The number of nitriles is 1. The van der Waals surface area contributed by atoms with Gasteiger partial charge in [-0.3, -0.25) is 4.99 Å². The normalized spacial score (nSPS) is 12.1. The number of nitrogens with zero attached hydrogens (tertiary/aromatic N) is 2.